The summed E-state index contributed by atoms with van der Waals surface area (Å²) in [7, 11) is 0. The number of aliphatic hydroxyl groups excluding tert-OH is 3. The van der Waals surface area contributed by atoms with Crippen LogP contribution in [0.2, 0.25) is 0 Å². The first-order chi connectivity index (χ1) is 14.9. The fourth-order valence-electron chi connectivity index (χ4n) is 4.71. The predicted octanol–water partition coefficient (Wildman–Crippen LogP) is 0.628. The molecule has 1 amide bonds. The Labute approximate surface area is 177 Å². The maximum absolute atomic E-state index is 13.1. The molecule has 9 nitrogen and oxygen atoms in total. The highest BCUT2D eigenvalue weighted by atomic mass is 16.7. The maximum atomic E-state index is 13.1. The molecule has 2 aromatic carbocycles. The second kappa shape index (κ2) is 7.30. The first kappa shape index (κ1) is 19.9. The molecule has 3 aliphatic rings. The Hall–Kier alpha value is -3.01. The van der Waals surface area contributed by atoms with Gasteiger partial charge in [0, 0.05) is 17.9 Å². The SMILES string of the molecule is CC1[C@H](O)[C@@H](O)[C@H](O)[C@@H]2c3cc4c(c(OCc5ccc(O)cc5)c3C(=O)N[C@@H]12)OCO4. The summed E-state index contributed by atoms with van der Waals surface area (Å²) < 4.78 is 17.1. The van der Waals surface area contributed by atoms with Crippen LogP contribution in [0.25, 0.3) is 0 Å². The van der Waals surface area contributed by atoms with Crippen molar-refractivity contribution in [3.8, 4) is 23.0 Å². The summed E-state index contributed by atoms with van der Waals surface area (Å²) in [4.78, 5) is 13.1. The number of hydrogen-bond donors (Lipinski definition) is 5. The minimum absolute atomic E-state index is 0.0379. The van der Waals surface area contributed by atoms with Crippen LogP contribution in [-0.4, -0.2) is 57.5 Å². The van der Waals surface area contributed by atoms with E-state index in [9.17, 15) is 25.2 Å². The summed E-state index contributed by atoms with van der Waals surface area (Å²) in [5, 5.41) is 43.7. The highest BCUT2D eigenvalue weighted by molar-refractivity contribution is 6.01. The molecule has 1 unspecified atom stereocenters. The monoisotopic (exact) mass is 429 g/mol. The summed E-state index contributed by atoms with van der Waals surface area (Å²) in [6, 6.07) is 7.53. The Kier molecular flexibility index (Phi) is 4.69. The Morgan fingerprint density at radius 3 is 2.58 bits per heavy atom. The van der Waals surface area contributed by atoms with E-state index in [1.54, 1.807) is 25.1 Å². The van der Waals surface area contributed by atoms with Gasteiger partial charge in [0.2, 0.25) is 12.5 Å². The van der Waals surface area contributed by atoms with E-state index in [1.165, 1.54) is 12.1 Å². The molecular formula is C22H23NO8. The number of benzene rings is 2. The third-order valence-electron chi connectivity index (χ3n) is 6.41. The number of carbonyl (C=O) groups excluding carboxylic acids is 1. The molecule has 0 bridgehead atoms. The minimum Gasteiger partial charge on any atom is -0.508 e. The number of fused-ring (bicyclic) bond motifs is 4. The Balaban J connectivity index is 1.59. The zero-order chi connectivity index (χ0) is 21.9. The summed E-state index contributed by atoms with van der Waals surface area (Å²) in [6.07, 6.45) is -3.82. The van der Waals surface area contributed by atoms with Crippen molar-refractivity contribution in [2.24, 2.45) is 5.92 Å². The van der Waals surface area contributed by atoms with Crippen molar-refractivity contribution in [3.05, 3.63) is 47.0 Å². The van der Waals surface area contributed by atoms with Crippen LogP contribution >= 0.6 is 0 Å². The lowest BCUT2D eigenvalue weighted by molar-refractivity contribution is -0.127. The number of rotatable bonds is 3. The van der Waals surface area contributed by atoms with Crippen molar-refractivity contribution in [1.29, 1.82) is 0 Å². The maximum Gasteiger partial charge on any atom is 0.255 e. The van der Waals surface area contributed by atoms with E-state index in [0.717, 1.165) is 5.56 Å². The van der Waals surface area contributed by atoms with Crippen LogP contribution in [0, 0.1) is 5.92 Å². The standard InChI is InChI=1S/C22H23NO8/c1-9-16-14(18(26)19(27)17(9)25)12-6-13-20(31-8-30-13)21(15(12)22(28)23-16)29-7-10-2-4-11(24)5-3-10/h2-6,9,14,16-19,24-27H,7-8H2,1H3,(H,23,28)/t9?,14-,16+,17+,18-,19-/m1/s1. The first-order valence-electron chi connectivity index (χ1n) is 10.1. The second-order valence-electron chi connectivity index (χ2n) is 8.21. The Bertz CT molecular complexity index is 1020. The van der Waals surface area contributed by atoms with Gasteiger partial charge in [-0.15, -0.1) is 0 Å². The van der Waals surface area contributed by atoms with Crippen molar-refractivity contribution >= 4 is 5.91 Å². The lowest BCUT2D eigenvalue weighted by Crippen LogP contribution is -2.63. The quantitative estimate of drug-likeness (QED) is 0.479. The Morgan fingerprint density at radius 2 is 1.84 bits per heavy atom. The van der Waals surface area contributed by atoms with Crippen LogP contribution in [0.1, 0.15) is 34.3 Å². The van der Waals surface area contributed by atoms with Gasteiger partial charge >= 0.3 is 0 Å². The van der Waals surface area contributed by atoms with Crippen LogP contribution in [-0.2, 0) is 6.61 Å². The molecule has 2 aromatic rings. The van der Waals surface area contributed by atoms with E-state index >= 15 is 0 Å². The lowest BCUT2D eigenvalue weighted by atomic mass is 9.67. The van der Waals surface area contributed by atoms with E-state index in [1.807, 2.05) is 0 Å². The van der Waals surface area contributed by atoms with Gasteiger partial charge in [0.25, 0.3) is 5.91 Å². The van der Waals surface area contributed by atoms with Crippen molar-refractivity contribution in [3.63, 3.8) is 0 Å². The number of hydrogen-bond acceptors (Lipinski definition) is 8. The van der Waals surface area contributed by atoms with Gasteiger partial charge in [-0.1, -0.05) is 19.1 Å². The van der Waals surface area contributed by atoms with Crippen molar-refractivity contribution in [2.75, 3.05) is 6.79 Å². The zero-order valence-corrected chi connectivity index (χ0v) is 16.7. The van der Waals surface area contributed by atoms with Gasteiger partial charge in [0.05, 0.1) is 17.8 Å². The van der Waals surface area contributed by atoms with Crippen molar-refractivity contribution in [2.45, 2.75) is 43.8 Å². The fraction of sp³-hybridized carbons (Fsp3) is 0.409. The van der Waals surface area contributed by atoms with Crippen LogP contribution in [0.5, 0.6) is 23.0 Å². The number of phenolic OH excluding ortho intramolecular Hbond substituents is 1. The van der Waals surface area contributed by atoms with Gasteiger partial charge in [-0.05, 0) is 29.3 Å². The van der Waals surface area contributed by atoms with E-state index < -0.39 is 42.1 Å². The first-order valence-corrected chi connectivity index (χ1v) is 10.1. The van der Waals surface area contributed by atoms with Gasteiger partial charge in [0.15, 0.2) is 11.5 Å². The molecule has 1 fully saturated rings. The fourth-order valence-corrected chi connectivity index (χ4v) is 4.71. The highest BCUT2D eigenvalue weighted by Gasteiger charge is 2.52. The second-order valence-corrected chi connectivity index (χ2v) is 8.21. The number of phenols is 1. The molecule has 2 aliphatic heterocycles. The Morgan fingerprint density at radius 1 is 1.10 bits per heavy atom. The number of aromatic hydroxyl groups is 1. The third-order valence-corrected chi connectivity index (χ3v) is 6.41. The predicted molar refractivity (Wildman–Crippen MR) is 106 cm³/mol. The molecule has 6 atom stereocenters. The summed E-state index contributed by atoms with van der Waals surface area (Å²) in [5.41, 5.74) is 1.45. The zero-order valence-electron chi connectivity index (χ0n) is 16.7. The number of aliphatic hydroxyl groups is 3. The van der Waals surface area contributed by atoms with Gasteiger partial charge in [-0.25, -0.2) is 0 Å². The summed E-state index contributed by atoms with van der Waals surface area (Å²) in [5.74, 6) is -0.560. The van der Waals surface area contributed by atoms with Crippen LogP contribution < -0.4 is 19.5 Å². The molecule has 5 N–H and O–H groups in total. The van der Waals surface area contributed by atoms with Crippen molar-refractivity contribution in [1.82, 2.24) is 5.32 Å². The molecule has 1 saturated carbocycles. The molecule has 0 aromatic heterocycles. The number of nitrogens with one attached hydrogen (secondary N) is 1. The molecular weight excluding hydrogens is 406 g/mol. The lowest BCUT2D eigenvalue weighted by Gasteiger charge is -2.48. The van der Waals surface area contributed by atoms with E-state index in [4.69, 9.17) is 14.2 Å². The highest BCUT2D eigenvalue weighted by Crippen LogP contribution is 2.51. The topological polar surface area (TPSA) is 138 Å². The molecule has 5 rings (SSSR count). The smallest absolute Gasteiger partial charge is 0.255 e. The van der Waals surface area contributed by atoms with Gasteiger partial charge in [0.1, 0.15) is 18.5 Å². The van der Waals surface area contributed by atoms with E-state index in [-0.39, 0.29) is 30.5 Å². The number of ether oxygens (including phenoxy) is 3. The van der Waals surface area contributed by atoms with Gasteiger partial charge < -0.3 is 40.0 Å². The average molecular weight is 429 g/mol. The molecule has 0 saturated heterocycles. The normalized spacial score (nSPS) is 30.9. The van der Waals surface area contributed by atoms with Gasteiger partial charge in [-0.3, -0.25) is 4.79 Å². The van der Waals surface area contributed by atoms with E-state index in [0.29, 0.717) is 17.1 Å². The molecule has 1 aliphatic carbocycles. The van der Waals surface area contributed by atoms with Crippen LogP contribution in [0.4, 0.5) is 0 Å². The largest absolute Gasteiger partial charge is 0.508 e. The van der Waals surface area contributed by atoms with Crippen LogP contribution in [0.15, 0.2) is 30.3 Å². The summed E-state index contributed by atoms with van der Waals surface area (Å²) >= 11 is 0. The number of amides is 1. The molecule has 0 radical (unpaired) electrons. The third kappa shape index (κ3) is 3.08. The molecule has 164 valence electrons. The van der Waals surface area contributed by atoms with Crippen molar-refractivity contribution < 1.29 is 39.4 Å². The number of carbonyl (C=O) groups is 1. The summed E-state index contributed by atoms with van der Waals surface area (Å²) in [6.45, 7) is 1.79. The average Bonchev–Trinajstić information content (AvgIpc) is 3.23. The minimum atomic E-state index is -1.36. The van der Waals surface area contributed by atoms with Crippen LogP contribution in [0.3, 0.4) is 0 Å². The molecule has 2 heterocycles. The molecule has 31 heavy (non-hydrogen) atoms. The molecule has 0 spiro atoms. The molecule has 9 heteroatoms. The van der Waals surface area contributed by atoms with Gasteiger partial charge in [-0.2, -0.15) is 0 Å². The van der Waals surface area contributed by atoms with E-state index in [2.05, 4.69) is 5.32 Å².